The number of halogens is 1. The molecule has 0 aliphatic heterocycles. The van der Waals surface area contributed by atoms with Gasteiger partial charge in [-0.3, -0.25) is 0 Å². The summed E-state index contributed by atoms with van der Waals surface area (Å²) in [5.74, 6) is 0. The number of hydrogen-bond acceptors (Lipinski definition) is 1. The van der Waals surface area contributed by atoms with Crippen molar-refractivity contribution < 1.29 is 0 Å². The van der Waals surface area contributed by atoms with Gasteiger partial charge in [-0.1, -0.05) is 56.3 Å². The van der Waals surface area contributed by atoms with E-state index in [0.717, 1.165) is 18.1 Å². The quantitative estimate of drug-likeness (QED) is 0.793. The molecule has 1 N–H and O–H groups in total. The van der Waals surface area contributed by atoms with Crippen LogP contribution in [0.25, 0.3) is 0 Å². The minimum Gasteiger partial charge on any atom is -0.316 e. The Hall–Kier alpha value is -0.530. The first-order valence-corrected chi connectivity index (χ1v) is 9.03. The molecule has 1 nitrogen and oxygen atoms in total. The van der Waals surface area contributed by atoms with Crippen LogP contribution in [0.3, 0.4) is 0 Å². The molecule has 0 unspecified atom stereocenters. The average Bonchev–Trinajstić information content (AvgIpc) is 2.69. The van der Waals surface area contributed by atoms with Crippen molar-refractivity contribution in [2.45, 2.75) is 63.7 Å². The number of rotatable bonds is 4. The van der Waals surface area contributed by atoms with Crippen LogP contribution in [0.15, 0.2) is 24.3 Å². The van der Waals surface area contributed by atoms with Gasteiger partial charge in [-0.15, -0.1) is 0 Å². The van der Waals surface area contributed by atoms with Crippen LogP contribution in [0.2, 0.25) is 5.02 Å². The predicted molar refractivity (Wildman–Crippen MR) is 91.0 cm³/mol. The van der Waals surface area contributed by atoms with Gasteiger partial charge in [-0.25, -0.2) is 0 Å². The number of likely N-dealkylation sites (N-methyl/N-ethyl adjacent to an activating group) is 1. The maximum absolute atomic E-state index is 6.25. The lowest BCUT2D eigenvalue weighted by Gasteiger charge is -2.57. The summed E-state index contributed by atoms with van der Waals surface area (Å²) in [7, 11) is 0. The van der Waals surface area contributed by atoms with Crippen molar-refractivity contribution in [3.8, 4) is 0 Å². The van der Waals surface area contributed by atoms with Gasteiger partial charge in [0.15, 0.2) is 0 Å². The molecule has 2 aliphatic carbocycles. The molecule has 2 fully saturated rings. The van der Waals surface area contributed by atoms with E-state index in [9.17, 15) is 0 Å². The molecule has 0 saturated heterocycles. The minimum atomic E-state index is 0.325. The first-order valence-electron chi connectivity index (χ1n) is 8.65. The van der Waals surface area contributed by atoms with E-state index in [2.05, 4.69) is 30.4 Å². The molecule has 1 aromatic rings. The van der Waals surface area contributed by atoms with Crippen molar-refractivity contribution in [3.05, 3.63) is 34.9 Å². The van der Waals surface area contributed by atoms with Crippen LogP contribution in [-0.2, 0) is 5.41 Å². The molecule has 2 saturated carbocycles. The van der Waals surface area contributed by atoms with E-state index in [0.29, 0.717) is 10.8 Å². The van der Waals surface area contributed by atoms with Gasteiger partial charge in [0.2, 0.25) is 0 Å². The first kappa shape index (κ1) is 15.4. The predicted octanol–water partition coefficient (Wildman–Crippen LogP) is 5.32. The van der Waals surface area contributed by atoms with Gasteiger partial charge >= 0.3 is 0 Å². The van der Waals surface area contributed by atoms with Gasteiger partial charge < -0.3 is 5.32 Å². The summed E-state index contributed by atoms with van der Waals surface area (Å²) in [5, 5.41) is 4.48. The highest BCUT2D eigenvalue weighted by Gasteiger charge is 2.54. The van der Waals surface area contributed by atoms with Crippen LogP contribution >= 0.6 is 11.6 Å². The summed E-state index contributed by atoms with van der Waals surface area (Å²) in [6.45, 7) is 4.35. The Morgan fingerprint density at radius 2 is 1.81 bits per heavy atom. The largest absolute Gasteiger partial charge is 0.316 e. The van der Waals surface area contributed by atoms with Crippen LogP contribution in [-0.4, -0.2) is 13.1 Å². The van der Waals surface area contributed by atoms with Gasteiger partial charge in [0.05, 0.1) is 0 Å². The topological polar surface area (TPSA) is 12.0 Å². The molecule has 1 spiro atoms. The SMILES string of the molecule is CCNCC1(c2cccc(Cl)c2)CC2(CCCCCC2)C1. The molecule has 0 heterocycles. The molecule has 3 rings (SSSR count). The standard InChI is InChI=1S/C19H28ClN/c1-2-21-15-19(16-8-7-9-17(20)12-16)13-18(14-19)10-5-3-4-6-11-18/h7-9,12,21H,2-6,10-11,13-15H2,1H3. The summed E-state index contributed by atoms with van der Waals surface area (Å²) in [6, 6.07) is 8.59. The lowest BCUT2D eigenvalue weighted by Crippen LogP contribution is -2.54. The Morgan fingerprint density at radius 1 is 1.10 bits per heavy atom. The Morgan fingerprint density at radius 3 is 2.43 bits per heavy atom. The third-order valence-electron chi connectivity index (χ3n) is 5.74. The molecule has 21 heavy (non-hydrogen) atoms. The average molecular weight is 306 g/mol. The summed E-state index contributed by atoms with van der Waals surface area (Å²) < 4.78 is 0. The van der Waals surface area contributed by atoms with Crippen molar-refractivity contribution in [2.24, 2.45) is 5.41 Å². The minimum absolute atomic E-state index is 0.325. The van der Waals surface area contributed by atoms with Crippen molar-refractivity contribution in [3.63, 3.8) is 0 Å². The van der Waals surface area contributed by atoms with Crippen LogP contribution in [0, 0.1) is 5.41 Å². The molecular weight excluding hydrogens is 278 g/mol. The summed E-state index contributed by atoms with van der Waals surface area (Å²) >= 11 is 6.25. The molecule has 0 amide bonds. The van der Waals surface area contributed by atoms with Gasteiger partial charge in [0, 0.05) is 17.0 Å². The van der Waals surface area contributed by atoms with Gasteiger partial charge in [-0.2, -0.15) is 0 Å². The maximum atomic E-state index is 6.25. The maximum Gasteiger partial charge on any atom is 0.0408 e. The van der Waals surface area contributed by atoms with E-state index in [1.54, 1.807) is 0 Å². The summed E-state index contributed by atoms with van der Waals surface area (Å²) in [4.78, 5) is 0. The van der Waals surface area contributed by atoms with Crippen molar-refractivity contribution in [1.29, 1.82) is 0 Å². The molecule has 116 valence electrons. The molecule has 0 bridgehead atoms. The third kappa shape index (κ3) is 3.14. The fourth-order valence-electron chi connectivity index (χ4n) is 4.83. The second-order valence-electron chi connectivity index (χ2n) is 7.34. The summed E-state index contributed by atoms with van der Waals surface area (Å²) in [6.07, 6.45) is 11.4. The van der Waals surface area contributed by atoms with E-state index in [-0.39, 0.29) is 0 Å². The number of benzene rings is 1. The lowest BCUT2D eigenvalue weighted by atomic mass is 9.48. The normalized spacial score (nSPS) is 23.5. The van der Waals surface area contributed by atoms with Gasteiger partial charge in [0.1, 0.15) is 0 Å². The molecule has 0 radical (unpaired) electrons. The molecule has 2 heteroatoms. The van der Waals surface area contributed by atoms with Crippen LogP contribution in [0.5, 0.6) is 0 Å². The summed E-state index contributed by atoms with van der Waals surface area (Å²) in [5.41, 5.74) is 2.41. The monoisotopic (exact) mass is 305 g/mol. The fourth-order valence-corrected chi connectivity index (χ4v) is 5.02. The lowest BCUT2D eigenvalue weighted by molar-refractivity contribution is 0.00644. The smallest absolute Gasteiger partial charge is 0.0408 e. The highest BCUT2D eigenvalue weighted by molar-refractivity contribution is 6.30. The number of hydrogen-bond donors (Lipinski definition) is 1. The second kappa shape index (κ2) is 6.30. The Labute approximate surface area is 134 Å². The Balaban J connectivity index is 1.80. The van der Waals surface area contributed by atoms with Crippen LogP contribution in [0.1, 0.15) is 63.9 Å². The molecule has 0 atom stereocenters. The van der Waals surface area contributed by atoms with Crippen LogP contribution < -0.4 is 5.32 Å². The van der Waals surface area contributed by atoms with Gasteiger partial charge in [-0.05, 0) is 55.3 Å². The van der Waals surface area contributed by atoms with E-state index >= 15 is 0 Å². The zero-order valence-electron chi connectivity index (χ0n) is 13.3. The Bertz CT molecular complexity index is 466. The first-order chi connectivity index (χ1) is 10.2. The fraction of sp³-hybridized carbons (Fsp3) is 0.684. The third-order valence-corrected chi connectivity index (χ3v) is 5.98. The molecule has 2 aliphatic rings. The second-order valence-corrected chi connectivity index (χ2v) is 7.78. The molecule has 0 aromatic heterocycles. The number of nitrogens with one attached hydrogen (secondary N) is 1. The van der Waals surface area contributed by atoms with E-state index in [4.69, 9.17) is 11.6 Å². The van der Waals surface area contributed by atoms with Crippen molar-refractivity contribution in [2.75, 3.05) is 13.1 Å². The molecular formula is C19H28ClN. The van der Waals surface area contributed by atoms with E-state index in [1.807, 2.05) is 6.07 Å². The van der Waals surface area contributed by atoms with Gasteiger partial charge in [0.25, 0.3) is 0 Å². The van der Waals surface area contributed by atoms with E-state index in [1.165, 1.54) is 56.9 Å². The van der Waals surface area contributed by atoms with Crippen molar-refractivity contribution in [1.82, 2.24) is 5.32 Å². The van der Waals surface area contributed by atoms with E-state index < -0.39 is 0 Å². The Kier molecular flexibility index (Phi) is 4.61. The van der Waals surface area contributed by atoms with Crippen LogP contribution in [0.4, 0.5) is 0 Å². The molecule has 1 aromatic carbocycles. The highest BCUT2D eigenvalue weighted by Crippen LogP contribution is 2.61. The zero-order chi connectivity index (χ0) is 14.8. The highest BCUT2D eigenvalue weighted by atomic mass is 35.5. The van der Waals surface area contributed by atoms with Crippen molar-refractivity contribution >= 4 is 11.6 Å². The zero-order valence-corrected chi connectivity index (χ0v) is 14.0.